The molecule has 0 aliphatic carbocycles. The van der Waals surface area contributed by atoms with Crippen LogP contribution in [0.2, 0.25) is 0 Å². The van der Waals surface area contributed by atoms with E-state index in [1.54, 1.807) is 20.2 Å². The zero-order valence-electron chi connectivity index (χ0n) is 15.2. The maximum atomic E-state index is 11.4. The number of piperazine rings is 1. The summed E-state index contributed by atoms with van der Waals surface area (Å²) in [7, 11) is 1.67. The molecule has 2 heterocycles. The molecule has 2 aromatic rings. The van der Waals surface area contributed by atoms with Crippen LogP contribution in [0.4, 0.5) is 11.8 Å². The Morgan fingerprint density at radius 2 is 2.08 bits per heavy atom. The number of nitrogens with one attached hydrogen (secondary N) is 1. The lowest BCUT2D eigenvalue weighted by atomic mass is 10.1. The van der Waals surface area contributed by atoms with Crippen molar-refractivity contribution in [3.05, 3.63) is 36.0 Å². The van der Waals surface area contributed by atoms with Crippen LogP contribution in [0.5, 0.6) is 5.75 Å². The fraction of sp³-hybridized carbons (Fsp3) is 0.444. The van der Waals surface area contributed by atoms with Crippen LogP contribution in [0, 0.1) is 0 Å². The Morgan fingerprint density at radius 3 is 2.81 bits per heavy atom. The minimum absolute atomic E-state index is 0.108. The summed E-state index contributed by atoms with van der Waals surface area (Å²) in [5.74, 6) is 2.27. The normalized spacial score (nSPS) is 14.2. The van der Waals surface area contributed by atoms with E-state index >= 15 is 0 Å². The van der Waals surface area contributed by atoms with Gasteiger partial charge in [0.25, 0.3) is 0 Å². The molecule has 0 unspecified atom stereocenters. The molecule has 1 aromatic carbocycles. The molecular formula is C18H24N6O2. The number of methoxy groups -OCH3 is 1. The number of benzene rings is 1. The van der Waals surface area contributed by atoms with Crippen molar-refractivity contribution >= 4 is 17.7 Å². The minimum Gasteiger partial charge on any atom is -0.497 e. The summed E-state index contributed by atoms with van der Waals surface area (Å²) in [6.45, 7) is 5.14. The summed E-state index contributed by atoms with van der Waals surface area (Å²) in [4.78, 5) is 19.9. The quantitative estimate of drug-likeness (QED) is 0.833. The number of hydrogen-bond donors (Lipinski definition) is 1. The lowest BCUT2D eigenvalue weighted by Crippen LogP contribution is -2.48. The van der Waals surface area contributed by atoms with Gasteiger partial charge < -0.3 is 19.9 Å². The Hall–Kier alpha value is -2.90. The topological polar surface area (TPSA) is 83.5 Å². The van der Waals surface area contributed by atoms with Crippen molar-refractivity contribution in [3.63, 3.8) is 0 Å². The van der Waals surface area contributed by atoms with Gasteiger partial charge in [0.2, 0.25) is 11.9 Å². The molecule has 0 bridgehead atoms. The largest absolute Gasteiger partial charge is 0.497 e. The van der Waals surface area contributed by atoms with Crippen LogP contribution in [0.15, 0.2) is 30.5 Å². The van der Waals surface area contributed by atoms with Gasteiger partial charge in [-0.2, -0.15) is 10.1 Å². The molecule has 138 valence electrons. The molecule has 1 aliphatic heterocycles. The molecule has 0 spiro atoms. The van der Waals surface area contributed by atoms with E-state index in [0.29, 0.717) is 37.9 Å². The monoisotopic (exact) mass is 356 g/mol. The third-order valence-corrected chi connectivity index (χ3v) is 4.41. The third kappa shape index (κ3) is 4.59. The van der Waals surface area contributed by atoms with E-state index < -0.39 is 0 Å². The van der Waals surface area contributed by atoms with E-state index in [2.05, 4.69) is 31.5 Å². The van der Waals surface area contributed by atoms with Crippen molar-refractivity contribution in [2.45, 2.75) is 13.3 Å². The summed E-state index contributed by atoms with van der Waals surface area (Å²) in [5.41, 5.74) is 1.19. The Labute approximate surface area is 153 Å². The number of carbonyl (C=O) groups excluding carboxylic acids is 1. The molecular weight excluding hydrogens is 332 g/mol. The molecule has 8 heteroatoms. The first-order valence-corrected chi connectivity index (χ1v) is 8.72. The average molecular weight is 356 g/mol. The van der Waals surface area contributed by atoms with Crippen LogP contribution in [0.1, 0.15) is 12.5 Å². The number of hydrogen-bond acceptors (Lipinski definition) is 7. The smallest absolute Gasteiger partial charge is 0.247 e. The molecule has 1 amide bonds. The summed E-state index contributed by atoms with van der Waals surface area (Å²) in [6, 6.07) is 8.02. The van der Waals surface area contributed by atoms with E-state index in [9.17, 15) is 4.79 Å². The average Bonchev–Trinajstić information content (AvgIpc) is 2.68. The van der Waals surface area contributed by atoms with E-state index in [1.165, 1.54) is 5.56 Å². The molecule has 0 radical (unpaired) electrons. The molecule has 1 fully saturated rings. The molecule has 1 aliphatic rings. The molecule has 1 N–H and O–H groups in total. The van der Waals surface area contributed by atoms with Crippen LogP contribution < -0.4 is 15.0 Å². The van der Waals surface area contributed by atoms with E-state index in [0.717, 1.165) is 18.7 Å². The predicted molar refractivity (Wildman–Crippen MR) is 99.5 cm³/mol. The van der Waals surface area contributed by atoms with Gasteiger partial charge in [-0.15, -0.1) is 5.10 Å². The van der Waals surface area contributed by atoms with Crippen LogP contribution in [0.3, 0.4) is 0 Å². The Kier molecular flexibility index (Phi) is 5.83. The Balaban J connectivity index is 1.53. The molecule has 26 heavy (non-hydrogen) atoms. The first kappa shape index (κ1) is 17.9. The highest BCUT2D eigenvalue weighted by molar-refractivity contribution is 5.73. The van der Waals surface area contributed by atoms with Gasteiger partial charge in [0, 0.05) is 39.6 Å². The predicted octanol–water partition coefficient (Wildman–Crippen LogP) is 1.20. The van der Waals surface area contributed by atoms with E-state index in [4.69, 9.17) is 4.74 Å². The van der Waals surface area contributed by atoms with Crippen molar-refractivity contribution in [1.82, 2.24) is 20.1 Å². The number of amides is 1. The van der Waals surface area contributed by atoms with Gasteiger partial charge in [-0.3, -0.25) is 4.79 Å². The molecule has 3 rings (SSSR count). The van der Waals surface area contributed by atoms with Crippen LogP contribution in [-0.2, 0) is 11.2 Å². The summed E-state index contributed by atoms with van der Waals surface area (Å²) >= 11 is 0. The zero-order valence-corrected chi connectivity index (χ0v) is 15.2. The van der Waals surface area contributed by atoms with E-state index in [-0.39, 0.29) is 5.91 Å². The Morgan fingerprint density at radius 1 is 1.27 bits per heavy atom. The van der Waals surface area contributed by atoms with Gasteiger partial charge in [-0.1, -0.05) is 12.1 Å². The van der Waals surface area contributed by atoms with Gasteiger partial charge in [0.05, 0.1) is 13.3 Å². The number of carbonyl (C=O) groups is 1. The molecule has 0 saturated carbocycles. The number of nitrogens with zero attached hydrogens (tertiary/aromatic N) is 5. The van der Waals surface area contributed by atoms with Gasteiger partial charge in [-0.05, 0) is 24.1 Å². The number of aromatic nitrogens is 3. The number of anilines is 2. The molecule has 8 nitrogen and oxygen atoms in total. The molecule has 1 aromatic heterocycles. The second kappa shape index (κ2) is 8.46. The van der Waals surface area contributed by atoms with Crippen molar-refractivity contribution in [2.24, 2.45) is 0 Å². The molecule has 1 saturated heterocycles. The van der Waals surface area contributed by atoms with Gasteiger partial charge in [0.15, 0.2) is 5.82 Å². The lowest BCUT2D eigenvalue weighted by Gasteiger charge is -2.33. The standard InChI is InChI=1S/C18H24N6O2/c1-14(25)23-8-10-24(11-9-23)18-21-17(13-20-22-18)19-7-6-15-4-3-5-16(12-15)26-2/h3-5,12-13H,6-11H2,1-2H3,(H,19,21,22). The zero-order chi connectivity index (χ0) is 18.4. The van der Waals surface area contributed by atoms with Crippen molar-refractivity contribution in [1.29, 1.82) is 0 Å². The van der Waals surface area contributed by atoms with Crippen molar-refractivity contribution in [2.75, 3.05) is 50.1 Å². The highest BCUT2D eigenvalue weighted by atomic mass is 16.5. The first-order chi connectivity index (χ1) is 12.7. The van der Waals surface area contributed by atoms with Gasteiger partial charge >= 0.3 is 0 Å². The minimum atomic E-state index is 0.108. The van der Waals surface area contributed by atoms with E-state index in [1.807, 2.05) is 23.1 Å². The van der Waals surface area contributed by atoms with Gasteiger partial charge in [0.1, 0.15) is 5.75 Å². The first-order valence-electron chi connectivity index (χ1n) is 8.72. The Bertz CT molecular complexity index is 746. The number of ether oxygens (including phenoxy) is 1. The van der Waals surface area contributed by atoms with Crippen molar-refractivity contribution < 1.29 is 9.53 Å². The number of rotatable bonds is 6. The summed E-state index contributed by atoms with van der Waals surface area (Å²) < 4.78 is 5.24. The maximum Gasteiger partial charge on any atom is 0.247 e. The SMILES string of the molecule is COc1cccc(CCNc2cnnc(N3CCN(C(C)=O)CC3)n2)c1. The highest BCUT2D eigenvalue weighted by Gasteiger charge is 2.20. The van der Waals surface area contributed by atoms with Gasteiger partial charge in [-0.25, -0.2) is 0 Å². The molecule has 0 atom stereocenters. The second-order valence-corrected chi connectivity index (χ2v) is 6.16. The summed E-state index contributed by atoms with van der Waals surface area (Å²) in [6.07, 6.45) is 2.48. The third-order valence-electron chi connectivity index (χ3n) is 4.41. The second-order valence-electron chi connectivity index (χ2n) is 6.16. The van der Waals surface area contributed by atoms with Crippen molar-refractivity contribution in [3.8, 4) is 5.75 Å². The fourth-order valence-corrected chi connectivity index (χ4v) is 2.90. The van der Waals surface area contributed by atoms with Crippen LogP contribution in [-0.4, -0.2) is 65.8 Å². The highest BCUT2D eigenvalue weighted by Crippen LogP contribution is 2.14. The fourth-order valence-electron chi connectivity index (χ4n) is 2.90. The lowest BCUT2D eigenvalue weighted by molar-refractivity contribution is -0.129. The van der Waals surface area contributed by atoms with Crippen LogP contribution >= 0.6 is 0 Å². The maximum absolute atomic E-state index is 11.4. The summed E-state index contributed by atoms with van der Waals surface area (Å²) in [5, 5.41) is 11.5. The van der Waals surface area contributed by atoms with Crippen LogP contribution in [0.25, 0.3) is 0 Å².